The molecule has 1 atom stereocenters. The highest BCUT2D eigenvalue weighted by Crippen LogP contribution is 2.17. The minimum atomic E-state index is -0.384. The van der Waals surface area contributed by atoms with Gasteiger partial charge in [-0.25, -0.2) is 0 Å². The molecule has 0 spiro atoms. The Kier molecular flexibility index (Phi) is 5.06. The molecule has 0 bridgehead atoms. The molecule has 1 N–H and O–H groups in total. The summed E-state index contributed by atoms with van der Waals surface area (Å²) < 4.78 is 4.61. The second-order valence-electron chi connectivity index (χ2n) is 4.88. The van der Waals surface area contributed by atoms with Crippen LogP contribution in [0.3, 0.4) is 0 Å². The summed E-state index contributed by atoms with van der Waals surface area (Å²) in [6, 6.07) is 13.2. The van der Waals surface area contributed by atoms with Crippen molar-refractivity contribution < 1.29 is 14.3 Å². The Hall–Kier alpha value is -2.20. The van der Waals surface area contributed by atoms with Crippen LogP contribution in [0.15, 0.2) is 42.5 Å². The number of methoxy groups -OCH3 is 1. The Bertz CT molecular complexity index is 651. The van der Waals surface area contributed by atoms with Crippen LogP contribution in [0.1, 0.15) is 23.2 Å². The summed E-state index contributed by atoms with van der Waals surface area (Å²) in [6.07, 6.45) is 0.649. The summed E-state index contributed by atoms with van der Waals surface area (Å²) in [5, 5.41) is 5.11. The Morgan fingerprint density at radius 2 is 1.86 bits per heavy atom. The van der Waals surface area contributed by atoms with E-state index >= 15 is 0 Å². The fraction of sp³-hybridized carbons (Fsp3) is 0.294. The number of fused-ring (bicyclic) bond motifs is 1. The number of carbonyl (C=O) groups is 2. The molecule has 0 amide bonds. The average molecular weight is 285 g/mol. The summed E-state index contributed by atoms with van der Waals surface area (Å²) in [5.41, 5.74) is 0.651. The van der Waals surface area contributed by atoms with Crippen LogP contribution in [-0.2, 0) is 9.53 Å². The van der Waals surface area contributed by atoms with E-state index in [9.17, 15) is 9.59 Å². The van der Waals surface area contributed by atoms with Crippen LogP contribution in [0.5, 0.6) is 0 Å². The van der Waals surface area contributed by atoms with Gasteiger partial charge in [0.25, 0.3) is 0 Å². The van der Waals surface area contributed by atoms with Gasteiger partial charge in [0.05, 0.1) is 13.2 Å². The van der Waals surface area contributed by atoms with Crippen molar-refractivity contribution in [1.82, 2.24) is 5.32 Å². The van der Waals surface area contributed by atoms with Crippen LogP contribution in [0, 0.1) is 0 Å². The summed E-state index contributed by atoms with van der Waals surface area (Å²) >= 11 is 0. The summed E-state index contributed by atoms with van der Waals surface area (Å²) in [6.45, 7) is 0. The lowest BCUT2D eigenvalue weighted by Crippen LogP contribution is -2.34. The van der Waals surface area contributed by atoms with Crippen LogP contribution >= 0.6 is 0 Å². The molecule has 2 aromatic carbocycles. The predicted octanol–water partition coefficient (Wildman–Crippen LogP) is 2.56. The highest BCUT2D eigenvalue weighted by atomic mass is 16.5. The number of carbonyl (C=O) groups excluding carboxylic acids is 2. The highest BCUT2D eigenvalue weighted by molar-refractivity contribution is 6.03. The minimum Gasteiger partial charge on any atom is -0.469 e. The largest absolute Gasteiger partial charge is 0.469 e. The monoisotopic (exact) mass is 285 g/mol. The first-order valence-electron chi connectivity index (χ1n) is 6.93. The van der Waals surface area contributed by atoms with Gasteiger partial charge in [0.2, 0.25) is 0 Å². The van der Waals surface area contributed by atoms with Crippen molar-refractivity contribution in [3.8, 4) is 0 Å². The summed E-state index contributed by atoms with van der Waals surface area (Å²) in [4.78, 5) is 23.7. The maximum atomic E-state index is 12.5. The Labute approximate surface area is 124 Å². The molecule has 0 aliphatic rings. The number of hydrogen-bond acceptors (Lipinski definition) is 4. The van der Waals surface area contributed by atoms with Gasteiger partial charge in [0.1, 0.15) is 0 Å². The van der Waals surface area contributed by atoms with Crippen molar-refractivity contribution >= 4 is 22.5 Å². The number of esters is 1. The molecule has 21 heavy (non-hydrogen) atoms. The fourth-order valence-corrected chi connectivity index (χ4v) is 2.31. The molecule has 0 saturated heterocycles. The topological polar surface area (TPSA) is 55.4 Å². The molecule has 0 heterocycles. The van der Waals surface area contributed by atoms with Gasteiger partial charge >= 0.3 is 5.97 Å². The second kappa shape index (κ2) is 6.99. The SMILES string of the molecule is CNC(CCC(=O)OC)C(=O)c1ccc2ccccc2c1. The van der Waals surface area contributed by atoms with Crippen molar-refractivity contribution in [3.63, 3.8) is 0 Å². The average Bonchev–Trinajstić information content (AvgIpc) is 2.54. The molecule has 0 aromatic heterocycles. The van der Waals surface area contributed by atoms with Crippen LogP contribution in [0.2, 0.25) is 0 Å². The third-order valence-electron chi connectivity index (χ3n) is 3.56. The zero-order valence-corrected chi connectivity index (χ0v) is 12.3. The quantitative estimate of drug-likeness (QED) is 0.654. The lowest BCUT2D eigenvalue weighted by Gasteiger charge is -2.14. The second-order valence-corrected chi connectivity index (χ2v) is 4.88. The maximum Gasteiger partial charge on any atom is 0.305 e. The molecule has 0 fully saturated rings. The van der Waals surface area contributed by atoms with Gasteiger partial charge in [-0.3, -0.25) is 9.59 Å². The van der Waals surface area contributed by atoms with Crippen molar-refractivity contribution in [3.05, 3.63) is 48.0 Å². The van der Waals surface area contributed by atoms with E-state index in [4.69, 9.17) is 0 Å². The number of ether oxygens (including phenoxy) is 1. The molecular weight excluding hydrogens is 266 g/mol. The first-order valence-corrected chi connectivity index (χ1v) is 6.93. The smallest absolute Gasteiger partial charge is 0.305 e. The van der Waals surface area contributed by atoms with Gasteiger partial charge < -0.3 is 10.1 Å². The van der Waals surface area contributed by atoms with E-state index in [1.54, 1.807) is 7.05 Å². The normalized spacial score (nSPS) is 12.1. The molecule has 0 aliphatic carbocycles. The number of hydrogen-bond donors (Lipinski definition) is 1. The molecule has 4 heteroatoms. The molecule has 2 rings (SSSR count). The lowest BCUT2D eigenvalue weighted by atomic mass is 9.98. The zero-order chi connectivity index (χ0) is 15.2. The molecule has 0 radical (unpaired) electrons. The standard InChI is InChI=1S/C17H19NO3/c1-18-15(9-10-16(19)21-2)17(20)14-8-7-12-5-3-4-6-13(12)11-14/h3-8,11,15,18H,9-10H2,1-2H3. The van der Waals surface area contributed by atoms with Crippen LogP contribution < -0.4 is 5.32 Å². The lowest BCUT2D eigenvalue weighted by molar-refractivity contribution is -0.140. The van der Waals surface area contributed by atoms with Crippen LogP contribution in [0.4, 0.5) is 0 Å². The zero-order valence-electron chi connectivity index (χ0n) is 12.3. The summed E-state index contributed by atoms with van der Waals surface area (Å²) in [5.74, 6) is -0.311. The first kappa shape index (κ1) is 15.2. The van der Waals surface area contributed by atoms with Gasteiger partial charge in [-0.05, 0) is 30.3 Å². The van der Waals surface area contributed by atoms with E-state index in [1.807, 2.05) is 42.5 Å². The van der Waals surface area contributed by atoms with Crippen LogP contribution in [0.25, 0.3) is 10.8 Å². The van der Waals surface area contributed by atoms with Crippen molar-refractivity contribution in [2.75, 3.05) is 14.2 Å². The number of Topliss-reactive ketones (excluding diaryl/α,β-unsaturated/α-hetero) is 1. The third-order valence-corrected chi connectivity index (χ3v) is 3.56. The molecule has 0 aliphatic heterocycles. The Balaban J connectivity index is 2.16. The molecular formula is C17H19NO3. The molecule has 4 nitrogen and oxygen atoms in total. The van der Waals surface area contributed by atoms with Gasteiger partial charge in [-0.15, -0.1) is 0 Å². The van der Waals surface area contributed by atoms with E-state index in [0.717, 1.165) is 10.8 Å². The third kappa shape index (κ3) is 3.67. The van der Waals surface area contributed by atoms with Crippen molar-refractivity contribution in [2.24, 2.45) is 0 Å². The van der Waals surface area contributed by atoms with E-state index in [1.165, 1.54) is 7.11 Å². The van der Waals surface area contributed by atoms with Gasteiger partial charge in [0, 0.05) is 12.0 Å². The maximum absolute atomic E-state index is 12.5. The van der Waals surface area contributed by atoms with Gasteiger partial charge in [0.15, 0.2) is 5.78 Å². The van der Waals surface area contributed by atoms with E-state index in [2.05, 4.69) is 10.1 Å². The first-order chi connectivity index (χ1) is 10.2. The minimum absolute atomic E-state index is 0.00726. The van der Waals surface area contributed by atoms with Gasteiger partial charge in [-0.1, -0.05) is 36.4 Å². The highest BCUT2D eigenvalue weighted by Gasteiger charge is 2.19. The number of ketones is 1. The number of nitrogens with one attached hydrogen (secondary N) is 1. The molecule has 110 valence electrons. The predicted molar refractivity (Wildman–Crippen MR) is 82.4 cm³/mol. The molecule has 2 aromatic rings. The Morgan fingerprint density at radius 3 is 2.52 bits per heavy atom. The number of likely N-dealkylation sites (N-methyl/N-ethyl adjacent to an activating group) is 1. The van der Waals surface area contributed by atoms with Crippen molar-refractivity contribution in [1.29, 1.82) is 0 Å². The Morgan fingerprint density at radius 1 is 1.14 bits per heavy atom. The molecule has 1 unspecified atom stereocenters. The number of rotatable bonds is 6. The molecule has 0 saturated carbocycles. The fourth-order valence-electron chi connectivity index (χ4n) is 2.31. The van der Waals surface area contributed by atoms with E-state index < -0.39 is 0 Å². The number of benzene rings is 2. The summed E-state index contributed by atoms with van der Waals surface area (Å²) in [7, 11) is 3.07. The van der Waals surface area contributed by atoms with Crippen molar-refractivity contribution in [2.45, 2.75) is 18.9 Å². The van der Waals surface area contributed by atoms with Gasteiger partial charge in [-0.2, -0.15) is 0 Å². The van der Waals surface area contributed by atoms with E-state index in [0.29, 0.717) is 12.0 Å². The van der Waals surface area contributed by atoms with E-state index in [-0.39, 0.29) is 24.2 Å². The van der Waals surface area contributed by atoms with Crippen LogP contribution in [-0.4, -0.2) is 32.0 Å².